The normalized spacial score (nSPS) is 24.8. The third kappa shape index (κ3) is 2.47. The van der Waals surface area contributed by atoms with Crippen LogP contribution < -0.4 is 0 Å². The van der Waals surface area contributed by atoms with E-state index in [1.165, 1.54) is 0 Å². The van der Waals surface area contributed by atoms with Crippen LogP contribution in [-0.2, 0) is 0 Å². The maximum absolute atomic E-state index is 12.3. The number of likely N-dealkylation sites (tertiary alicyclic amines) is 1. The van der Waals surface area contributed by atoms with Gasteiger partial charge in [0.15, 0.2) is 0 Å². The molecule has 17 heavy (non-hydrogen) atoms. The van der Waals surface area contributed by atoms with Crippen molar-refractivity contribution in [3.8, 4) is 0 Å². The number of aryl methyl sites for hydroxylation is 1. The number of aromatic nitrogens is 1. The van der Waals surface area contributed by atoms with Gasteiger partial charge < -0.3 is 10.0 Å². The van der Waals surface area contributed by atoms with Crippen LogP contribution >= 0.6 is 0 Å². The average Bonchev–Trinajstić information content (AvgIpc) is 2.32. The Morgan fingerprint density at radius 1 is 1.59 bits per heavy atom. The van der Waals surface area contributed by atoms with Crippen LogP contribution in [0.5, 0.6) is 0 Å². The monoisotopic (exact) mass is 234 g/mol. The van der Waals surface area contributed by atoms with E-state index in [1.54, 1.807) is 11.1 Å². The van der Waals surface area contributed by atoms with Crippen molar-refractivity contribution in [2.45, 2.75) is 26.4 Å². The molecule has 0 radical (unpaired) electrons. The quantitative estimate of drug-likeness (QED) is 0.795. The zero-order valence-corrected chi connectivity index (χ0v) is 10.3. The molecule has 2 unspecified atom stereocenters. The Labute approximate surface area is 101 Å². The maximum Gasteiger partial charge on any atom is 0.272 e. The van der Waals surface area contributed by atoms with Crippen molar-refractivity contribution in [2.24, 2.45) is 5.92 Å². The highest BCUT2D eigenvalue weighted by atomic mass is 16.3. The summed E-state index contributed by atoms with van der Waals surface area (Å²) in [6, 6.07) is 3.72. The van der Waals surface area contributed by atoms with Gasteiger partial charge in [0.05, 0.1) is 6.10 Å². The van der Waals surface area contributed by atoms with Gasteiger partial charge in [-0.1, -0.05) is 13.0 Å². The molecule has 2 rings (SSSR count). The van der Waals surface area contributed by atoms with Gasteiger partial charge in [0, 0.05) is 19.3 Å². The van der Waals surface area contributed by atoms with E-state index in [4.69, 9.17) is 0 Å². The standard InChI is InChI=1S/C13H18N2O2/c1-9-4-3-6-14-12(9)13(17)15-7-5-11(16)10(2)8-15/h3-4,6,10-11,16H,5,7-8H2,1-2H3. The van der Waals surface area contributed by atoms with Gasteiger partial charge in [-0.05, 0) is 30.9 Å². The van der Waals surface area contributed by atoms with Gasteiger partial charge in [0.2, 0.25) is 0 Å². The number of amides is 1. The van der Waals surface area contributed by atoms with E-state index in [9.17, 15) is 9.90 Å². The second-order valence-electron chi connectivity index (χ2n) is 4.75. The molecule has 4 heteroatoms. The molecule has 0 aliphatic carbocycles. The molecule has 1 N–H and O–H groups in total. The SMILES string of the molecule is Cc1cccnc1C(=O)N1CCC(O)C(C)C1. The van der Waals surface area contributed by atoms with Gasteiger partial charge in [-0.25, -0.2) is 0 Å². The summed E-state index contributed by atoms with van der Waals surface area (Å²) in [4.78, 5) is 18.2. The van der Waals surface area contributed by atoms with Gasteiger partial charge in [-0.2, -0.15) is 0 Å². The van der Waals surface area contributed by atoms with Crippen molar-refractivity contribution in [3.05, 3.63) is 29.6 Å². The Morgan fingerprint density at radius 2 is 2.35 bits per heavy atom. The molecule has 4 nitrogen and oxygen atoms in total. The van der Waals surface area contributed by atoms with Gasteiger partial charge >= 0.3 is 0 Å². The first-order valence-corrected chi connectivity index (χ1v) is 5.98. The van der Waals surface area contributed by atoms with Gasteiger partial charge in [0.25, 0.3) is 5.91 Å². The molecule has 1 aromatic heterocycles. The Kier molecular flexibility index (Phi) is 3.43. The Bertz CT molecular complexity index is 420. The van der Waals surface area contributed by atoms with E-state index in [0.717, 1.165) is 5.56 Å². The number of hydrogen-bond acceptors (Lipinski definition) is 3. The Hall–Kier alpha value is -1.42. The molecule has 1 saturated heterocycles. The number of hydrogen-bond donors (Lipinski definition) is 1. The van der Waals surface area contributed by atoms with E-state index in [1.807, 2.05) is 26.0 Å². The molecule has 1 amide bonds. The van der Waals surface area contributed by atoms with Gasteiger partial charge in [-0.15, -0.1) is 0 Å². The van der Waals surface area contributed by atoms with Crippen molar-refractivity contribution in [1.82, 2.24) is 9.88 Å². The third-order valence-corrected chi connectivity index (χ3v) is 3.36. The molecule has 1 fully saturated rings. The highest BCUT2D eigenvalue weighted by Gasteiger charge is 2.28. The van der Waals surface area contributed by atoms with Crippen LogP contribution in [0.2, 0.25) is 0 Å². The minimum atomic E-state index is -0.288. The number of pyridine rings is 1. The molecule has 0 bridgehead atoms. The summed E-state index contributed by atoms with van der Waals surface area (Å²) in [5.41, 5.74) is 1.42. The summed E-state index contributed by atoms with van der Waals surface area (Å²) in [5, 5.41) is 9.65. The first-order valence-electron chi connectivity index (χ1n) is 5.98. The fourth-order valence-corrected chi connectivity index (χ4v) is 2.18. The molecule has 2 heterocycles. The molecule has 0 saturated carbocycles. The largest absolute Gasteiger partial charge is 0.393 e. The molecule has 1 aromatic rings. The molecule has 1 aliphatic rings. The smallest absolute Gasteiger partial charge is 0.272 e. The molecule has 0 spiro atoms. The summed E-state index contributed by atoms with van der Waals surface area (Å²) in [7, 11) is 0. The molecular weight excluding hydrogens is 216 g/mol. The lowest BCUT2D eigenvalue weighted by Gasteiger charge is -2.34. The fraction of sp³-hybridized carbons (Fsp3) is 0.538. The van der Waals surface area contributed by atoms with Crippen LogP contribution in [0.15, 0.2) is 18.3 Å². The van der Waals surface area contributed by atoms with Crippen LogP contribution in [-0.4, -0.2) is 40.1 Å². The summed E-state index contributed by atoms with van der Waals surface area (Å²) in [6.45, 7) is 5.08. The van der Waals surface area contributed by atoms with E-state index in [0.29, 0.717) is 25.2 Å². The number of aliphatic hydroxyl groups excluding tert-OH is 1. The lowest BCUT2D eigenvalue weighted by atomic mass is 9.96. The fourth-order valence-electron chi connectivity index (χ4n) is 2.18. The van der Waals surface area contributed by atoms with E-state index >= 15 is 0 Å². The highest BCUT2D eigenvalue weighted by Crippen LogP contribution is 2.18. The molecule has 2 atom stereocenters. The number of carbonyl (C=O) groups excluding carboxylic acids is 1. The summed E-state index contributed by atoms with van der Waals surface area (Å²) in [5.74, 6) is 0.110. The van der Waals surface area contributed by atoms with Gasteiger partial charge in [0.1, 0.15) is 5.69 Å². The first-order chi connectivity index (χ1) is 8.09. The van der Waals surface area contributed by atoms with Crippen LogP contribution in [0.25, 0.3) is 0 Å². The summed E-state index contributed by atoms with van der Waals surface area (Å²) < 4.78 is 0. The predicted octanol–water partition coefficient (Wildman–Crippen LogP) is 1.23. The second-order valence-corrected chi connectivity index (χ2v) is 4.75. The summed E-state index contributed by atoms with van der Waals surface area (Å²) >= 11 is 0. The van der Waals surface area contributed by atoms with Crippen LogP contribution in [0.1, 0.15) is 29.4 Å². The van der Waals surface area contributed by atoms with Crippen molar-refractivity contribution in [1.29, 1.82) is 0 Å². The molecule has 1 aliphatic heterocycles. The minimum absolute atomic E-state index is 0.0261. The van der Waals surface area contributed by atoms with E-state index < -0.39 is 0 Å². The lowest BCUT2D eigenvalue weighted by molar-refractivity contribution is 0.0293. The van der Waals surface area contributed by atoms with Crippen molar-refractivity contribution in [3.63, 3.8) is 0 Å². The second kappa shape index (κ2) is 4.84. The third-order valence-electron chi connectivity index (χ3n) is 3.36. The number of rotatable bonds is 1. The zero-order chi connectivity index (χ0) is 12.4. The molecule has 0 aromatic carbocycles. The van der Waals surface area contributed by atoms with Crippen LogP contribution in [0.3, 0.4) is 0 Å². The van der Waals surface area contributed by atoms with Crippen molar-refractivity contribution in [2.75, 3.05) is 13.1 Å². The Morgan fingerprint density at radius 3 is 3.00 bits per heavy atom. The van der Waals surface area contributed by atoms with Crippen molar-refractivity contribution < 1.29 is 9.90 Å². The average molecular weight is 234 g/mol. The minimum Gasteiger partial charge on any atom is -0.393 e. The topological polar surface area (TPSA) is 53.4 Å². The molecular formula is C13H18N2O2. The van der Waals surface area contributed by atoms with E-state index in [-0.39, 0.29) is 17.9 Å². The van der Waals surface area contributed by atoms with E-state index in [2.05, 4.69) is 4.98 Å². The number of aliphatic hydroxyl groups is 1. The van der Waals surface area contributed by atoms with Crippen LogP contribution in [0, 0.1) is 12.8 Å². The molecule has 92 valence electrons. The summed E-state index contributed by atoms with van der Waals surface area (Å²) in [6.07, 6.45) is 2.00. The Balaban J connectivity index is 2.14. The number of nitrogens with zero attached hydrogens (tertiary/aromatic N) is 2. The first kappa shape index (κ1) is 12.0. The van der Waals surface area contributed by atoms with Crippen LogP contribution in [0.4, 0.5) is 0 Å². The zero-order valence-electron chi connectivity index (χ0n) is 10.3. The lowest BCUT2D eigenvalue weighted by Crippen LogP contribution is -2.45. The number of piperidine rings is 1. The predicted molar refractivity (Wildman–Crippen MR) is 64.7 cm³/mol. The number of carbonyl (C=O) groups is 1. The van der Waals surface area contributed by atoms with Gasteiger partial charge in [-0.3, -0.25) is 9.78 Å². The highest BCUT2D eigenvalue weighted by molar-refractivity contribution is 5.93. The van der Waals surface area contributed by atoms with Crippen molar-refractivity contribution >= 4 is 5.91 Å². The maximum atomic E-state index is 12.3.